The van der Waals surface area contributed by atoms with E-state index < -0.39 is 5.38 Å². The van der Waals surface area contributed by atoms with E-state index in [1.54, 1.807) is 4.90 Å². The topological polar surface area (TPSA) is 46.6 Å². The van der Waals surface area contributed by atoms with Crippen molar-refractivity contribution in [1.82, 2.24) is 4.90 Å². The van der Waals surface area contributed by atoms with Gasteiger partial charge in [-0.25, -0.2) is 4.79 Å². The van der Waals surface area contributed by atoms with Crippen LogP contribution in [-0.4, -0.2) is 34.2 Å². The largest absolute Gasteiger partial charge is 0.445 e. The quantitative estimate of drug-likeness (QED) is 0.788. The number of hydrogen-bond acceptors (Lipinski definition) is 3. The molecule has 0 spiro atoms. The summed E-state index contributed by atoms with van der Waals surface area (Å²) in [6, 6.07) is 9.30. The van der Waals surface area contributed by atoms with Gasteiger partial charge in [0.1, 0.15) is 12.0 Å². The number of carbonyl (C=O) groups is 2. The lowest BCUT2D eigenvalue weighted by atomic mass is 10.0. The number of alkyl halides is 1. The van der Waals surface area contributed by atoms with Crippen LogP contribution in [0.2, 0.25) is 0 Å². The minimum atomic E-state index is -0.585. The zero-order valence-corrected chi connectivity index (χ0v) is 11.8. The Balaban J connectivity index is 1.65. The zero-order chi connectivity index (χ0) is 14.1. The van der Waals surface area contributed by atoms with Gasteiger partial charge in [-0.15, -0.1) is 11.6 Å². The van der Waals surface area contributed by atoms with Crippen molar-refractivity contribution in [2.75, 3.05) is 0 Å². The second-order valence-corrected chi connectivity index (χ2v) is 5.79. The maximum absolute atomic E-state index is 12.2. The number of Topliss-reactive ketones (excluding diaryl/α,β-unsaturated/α-hetero) is 1. The van der Waals surface area contributed by atoms with E-state index in [9.17, 15) is 9.59 Å². The molecule has 0 radical (unpaired) electrons. The van der Waals surface area contributed by atoms with Crippen LogP contribution in [0.3, 0.4) is 0 Å². The maximum Gasteiger partial charge on any atom is 0.410 e. The van der Waals surface area contributed by atoms with Gasteiger partial charge >= 0.3 is 6.09 Å². The van der Waals surface area contributed by atoms with Gasteiger partial charge in [0, 0.05) is 12.5 Å². The van der Waals surface area contributed by atoms with Crippen molar-refractivity contribution in [2.24, 2.45) is 0 Å². The molecule has 20 heavy (non-hydrogen) atoms. The van der Waals surface area contributed by atoms with E-state index in [2.05, 4.69) is 0 Å². The summed E-state index contributed by atoms with van der Waals surface area (Å²) in [5, 5.41) is -0.585. The molecule has 3 rings (SSSR count). The lowest BCUT2D eigenvalue weighted by Gasteiger charge is -2.35. The van der Waals surface area contributed by atoms with Gasteiger partial charge in [-0.05, 0) is 18.4 Å². The molecule has 2 fully saturated rings. The first-order valence-electron chi connectivity index (χ1n) is 6.82. The SMILES string of the molecule is O=C1CC2CCC(C1Cl)N2C(=O)OCc1ccccc1. The number of halogens is 1. The van der Waals surface area contributed by atoms with Crippen molar-refractivity contribution < 1.29 is 14.3 Å². The number of piperidine rings is 1. The molecule has 0 saturated carbocycles. The molecule has 2 saturated heterocycles. The van der Waals surface area contributed by atoms with Gasteiger partial charge in [0.25, 0.3) is 0 Å². The first-order valence-corrected chi connectivity index (χ1v) is 7.26. The summed E-state index contributed by atoms with van der Waals surface area (Å²) < 4.78 is 5.35. The number of nitrogens with zero attached hydrogens (tertiary/aromatic N) is 1. The van der Waals surface area contributed by atoms with Crippen molar-refractivity contribution in [3.63, 3.8) is 0 Å². The van der Waals surface area contributed by atoms with E-state index in [1.165, 1.54) is 0 Å². The maximum atomic E-state index is 12.2. The fourth-order valence-corrected chi connectivity index (χ4v) is 3.37. The number of fused-ring (bicyclic) bond motifs is 2. The summed E-state index contributed by atoms with van der Waals surface area (Å²) in [6.45, 7) is 0.247. The van der Waals surface area contributed by atoms with Gasteiger partial charge in [0.2, 0.25) is 0 Å². The molecule has 1 aromatic carbocycles. The fraction of sp³-hybridized carbons (Fsp3) is 0.467. The molecule has 2 heterocycles. The van der Waals surface area contributed by atoms with Crippen molar-refractivity contribution in [2.45, 2.75) is 43.3 Å². The van der Waals surface area contributed by atoms with E-state index in [0.717, 1.165) is 18.4 Å². The highest BCUT2D eigenvalue weighted by Gasteiger charge is 2.48. The Hall–Kier alpha value is -1.55. The molecular formula is C15H16ClNO3. The molecule has 2 aliphatic rings. The number of carbonyl (C=O) groups excluding carboxylic acids is 2. The zero-order valence-electron chi connectivity index (χ0n) is 11.0. The number of ether oxygens (including phenoxy) is 1. The van der Waals surface area contributed by atoms with Crippen molar-refractivity contribution in [3.8, 4) is 0 Å². The van der Waals surface area contributed by atoms with E-state index in [-0.39, 0.29) is 30.6 Å². The van der Waals surface area contributed by atoms with Crippen LogP contribution in [0, 0.1) is 0 Å². The van der Waals surface area contributed by atoms with Gasteiger partial charge in [-0.1, -0.05) is 30.3 Å². The molecule has 4 nitrogen and oxygen atoms in total. The van der Waals surface area contributed by atoms with E-state index in [4.69, 9.17) is 16.3 Å². The molecule has 2 aliphatic heterocycles. The number of amides is 1. The summed E-state index contributed by atoms with van der Waals surface area (Å²) in [4.78, 5) is 25.6. The first-order chi connectivity index (χ1) is 9.66. The number of ketones is 1. The minimum absolute atomic E-state index is 0.0363. The molecule has 5 heteroatoms. The molecule has 1 aromatic rings. The number of benzene rings is 1. The summed E-state index contributed by atoms with van der Waals surface area (Å²) >= 11 is 6.12. The Morgan fingerprint density at radius 2 is 2.05 bits per heavy atom. The summed E-state index contributed by atoms with van der Waals surface area (Å²) in [5.74, 6) is 0.0475. The Kier molecular flexibility index (Phi) is 3.66. The molecule has 0 aliphatic carbocycles. The van der Waals surface area contributed by atoms with E-state index >= 15 is 0 Å². The third-order valence-corrected chi connectivity index (χ3v) is 4.58. The summed E-state index contributed by atoms with van der Waals surface area (Å²) in [7, 11) is 0. The summed E-state index contributed by atoms with van der Waals surface area (Å²) in [5.41, 5.74) is 0.948. The number of hydrogen-bond donors (Lipinski definition) is 0. The van der Waals surface area contributed by atoms with Gasteiger partial charge in [-0.2, -0.15) is 0 Å². The highest BCUT2D eigenvalue weighted by Crippen LogP contribution is 2.37. The van der Waals surface area contributed by atoms with E-state index in [0.29, 0.717) is 6.42 Å². The van der Waals surface area contributed by atoms with Crippen LogP contribution in [0.25, 0.3) is 0 Å². The van der Waals surface area contributed by atoms with Crippen LogP contribution < -0.4 is 0 Å². The van der Waals surface area contributed by atoms with Crippen LogP contribution in [0.15, 0.2) is 30.3 Å². The normalized spacial score (nSPS) is 28.6. The molecular weight excluding hydrogens is 278 g/mol. The third kappa shape index (κ3) is 2.40. The highest BCUT2D eigenvalue weighted by molar-refractivity contribution is 6.32. The molecule has 0 N–H and O–H groups in total. The van der Waals surface area contributed by atoms with Crippen LogP contribution in [-0.2, 0) is 16.1 Å². The van der Waals surface area contributed by atoms with Gasteiger partial charge in [0.05, 0.1) is 6.04 Å². The van der Waals surface area contributed by atoms with Crippen LogP contribution in [0.1, 0.15) is 24.8 Å². The summed E-state index contributed by atoms with van der Waals surface area (Å²) in [6.07, 6.45) is 1.61. The highest BCUT2D eigenvalue weighted by atomic mass is 35.5. The van der Waals surface area contributed by atoms with Crippen LogP contribution >= 0.6 is 11.6 Å². The van der Waals surface area contributed by atoms with Gasteiger partial charge < -0.3 is 4.74 Å². The molecule has 0 aromatic heterocycles. The van der Waals surface area contributed by atoms with Gasteiger partial charge in [-0.3, -0.25) is 9.69 Å². The first kappa shape index (κ1) is 13.4. The molecule has 2 bridgehead atoms. The average Bonchev–Trinajstić information content (AvgIpc) is 2.82. The smallest absolute Gasteiger partial charge is 0.410 e. The predicted molar refractivity (Wildman–Crippen MR) is 74.5 cm³/mol. The second-order valence-electron chi connectivity index (χ2n) is 5.32. The third-order valence-electron chi connectivity index (χ3n) is 4.04. The Bertz CT molecular complexity index is 519. The Morgan fingerprint density at radius 3 is 2.80 bits per heavy atom. The van der Waals surface area contributed by atoms with Crippen LogP contribution in [0.4, 0.5) is 4.79 Å². The van der Waals surface area contributed by atoms with Crippen LogP contribution in [0.5, 0.6) is 0 Å². The van der Waals surface area contributed by atoms with Crippen molar-refractivity contribution in [1.29, 1.82) is 0 Å². The van der Waals surface area contributed by atoms with Crippen molar-refractivity contribution >= 4 is 23.5 Å². The lowest BCUT2D eigenvalue weighted by molar-refractivity contribution is -0.122. The molecule has 106 valence electrons. The Morgan fingerprint density at radius 1 is 1.30 bits per heavy atom. The monoisotopic (exact) mass is 293 g/mol. The minimum Gasteiger partial charge on any atom is -0.445 e. The van der Waals surface area contributed by atoms with Gasteiger partial charge in [0.15, 0.2) is 5.78 Å². The number of rotatable bonds is 2. The lowest BCUT2D eigenvalue weighted by Crippen LogP contribution is -2.52. The van der Waals surface area contributed by atoms with Crippen molar-refractivity contribution in [3.05, 3.63) is 35.9 Å². The fourth-order valence-electron chi connectivity index (χ4n) is 3.04. The predicted octanol–water partition coefficient (Wildman–Crippen LogP) is 2.74. The molecule has 1 amide bonds. The second kappa shape index (κ2) is 5.44. The standard InChI is InChI=1S/C15H16ClNO3/c16-14-12-7-6-11(8-13(14)18)17(12)15(19)20-9-10-4-2-1-3-5-10/h1-5,11-12,14H,6-9H2. The average molecular weight is 294 g/mol. The Labute approximate surface area is 122 Å². The van der Waals surface area contributed by atoms with E-state index in [1.807, 2.05) is 30.3 Å². The molecule has 3 atom stereocenters. The molecule has 3 unspecified atom stereocenters.